The molecule has 8 heteroatoms. The van der Waals surface area contributed by atoms with E-state index in [9.17, 15) is 15.2 Å². The van der Waals surface area contributed by atoms with Gasteiger partial charge in [0.1, 0.15) is 6.33 Å². The van der Waals surface area contributed by atoms with Crippen LogP contribution >= 0.6 is 11.8 Å². The normalized spacial score (nSPS) is 14.4. The van der Waals surface area contributed by atoms with E-state index in [0.29, 0.717) is 0 Å². The summed E-state index contributed by atoms with van der Waals surface area (Å²) in [6, 6.07) is 0. The highest BCUT2D eigenvalue weighted by Gasteiger charge is 2.24. The van der Waals surface area contributed by atoms with Crippen molar-refractivity contribution in [2.24, 2.45) is 0 Å². The maximum atomic E-state index is 10.8. The highest BCUT2D eigenvalue weighted by atomic mass is 32.2. The maximum absolute atomic E-state index is 10.8. The molecule has 2 atom stereocenters. The number of aromatic nitrogens is 2. The molecular formula is C8H12N4O3S. The molecule has 0 aromatic carbocycles. The fourth-order valence-corrected chi connectivity index (χ4v) is 1.86. The number of nitrogen functional groups attached to an aromatic ring is 1. The van der Waals surface area contributed by atoms with Crippen molar-refractivity contribution < 1.29 is 10.0 Å². The Morgan fingerprint density at radius 1 is 1.56 bits per heavy atom. The number of hydrogen-bond acceptors (Lipinski definition) is 7. The molecule has 88 valence electrons. The summed E-state index contributed by atoms with van der Waals surface area (Å²) in [7, 11) is 0. The first-order valence-electron chi connectivity index (χ1n) is 4.53. The summed E-state index contributed by atoms with van der Waals surface area (Å²) in [5.41, 5.74) is 5.10. The van der Waals surface area contributed by atoms with Crippen molar-refractivity contribution >= 4 is 23.3 Å². The van der Waals surface area contributed by atoms with Gasteiger partial charge in [-0.1, -0.05) is 18.7 Å². The minimum Gasteiger partial charge on any atom is -0.392 e. The summed E-state index contributed by atoms with van der Waals surface area (Å²) in [6.45, 7) is 3.35. The monoisotopic (exact) mass is 244 g/mol. The first-order valence-corrected chi connectivity index (χ1v) is 5.41. The van der Waals surface area contributed by atoms with Crippen LogP contribution in [0.2, 0.25) is 0 Å². The highest BCUT2D eigenvalue weighted by molar-refractivity contribution is 8.00. The Kier molecular flexibility index (Phi) is 4.02. The lowest BCUT2D eigenvalue weighted by Gasteiger charge is -2.13. The number of nitrogens with zero attached hydrogens (tertiary/aromatic N) is 3. The van der Waals surface area contributed by atoms with Crippen LogP contribution < -0.4 is 5.73 Å². The Balaban J connectivity index is 3.04. The van der Waals surface area contributed by atoms with E-state index in [1.54, 1.807) is 13.8 Å². The van der Waals surface area contributed by atoms with E-state index in [-0.39, 0.29) is 21.8 Å². The van der Waals surface area contributed by atoms with Crippen LogP contribution in [0.1, 0.15) is 13.8 Å². The smallest absolute Gasteiger partial charge is 0.343 e. The summed E-state index contributed by atoms with van der Waals surface area (Å²) in [5.74, 6) is -0.166. The molecule has 0 saturated heterocycles. The third-order valence-electron chi connectivity index (χ3n) is 1.98. The molecule has 1 heterocycles. The second kappa shape index (κ2) is 5.08. The Labute approximate surface area is 96.2 Å². The fourth-order valence-electron chi connectivity index (χ4n) is 0.908. The summed E-state index contributed by atoms with van der Waals surface area (Å²) in [4.78, 5) is 17.5. The van der Waals surface area contributed by atoms with Crippen molar-refractivity contribution in [2.75, 3.05) is 5.73 Å². The molecule has 1 rings (SSSR count). The first kappa shape index (κ1) is 12.7. The van der Waals surface area contributed by atoms with Crippen LogP contribution in [0.3, 0.4) is 0 Å². The zero-order chi connectivity index (χ0) is 12.3. The van der Waals surface area contributed by atoms with Crippen molar-refractivity contribution in [3.05, 3.63) is 16.4 Å². The van der Waals surface area contributed by atoms with E-state index in [4.69, 9.17) is 5.73 Å². The Morgan fingerprint density at radius 3 is 2.69 bits per heavy atom. The minimum absolute atomic E-state index is 0.166. The number of rotatable bonds is 4. The molecule has 0 amide bonds. The van der Waals surface area contributed by atoms with Crippen molar-refractivity contribution in [3.8, 4) is 0 Å². The summed E-state index contributed by atoms with van der Waals surface area (Å²) in [5, 5.41) is 20.0. The quantitative estimate of drug-likeness (QED) is 0.349. The lowest BCUT2D eigenvalue weighted by Crippen LogP contribution is -2.15. The molecule has 2 unspecified atom stereocenters. The SMILES string of the molecule is CC(O)C(C)Sc1ncnc(N)c1[N+](=O)[O-]. The highest BCUT2D eigenvalue weighted by Crippen LogP contribution is 2.33. The molecule has 1 aromatic rings. The summed E-state index contributed by atoms with van der Waals surface area (Å²) < 4.78 is 0. The first-order chi connectivity index (χ1) is 7.43. The lowest BCUT2D eigenvalue weighted by molar-refractivity contribution is -0.387. The van der Waals surface area contributed by atoms with Crippen molar-refractivity contribution in [2.45, 2.75) is 30.2 Å². The second-order valence-electron chi connectivity index (χ2n) is 3.23. The van der Waals surface area contributed by atoms with E-state index < -0.39 is 11.0 Å². The Morgan fingerprint density at radius 2 is 2.19 bits per heavy atom. The minimum atomic E-state index is -0.619. The molecule has 3 N–H and O–H groups in total. The fraction of sp³-hybridized carbons (Fsp3) is 0.500. The maximum Gasteiger partial charge on any atom is 0.343 e. The van der Waals surface area contributed by atoms with Gasteiger partial charge in [0.25, 0.3) is 0 Å². The van der Waals surface area contributed by atoms with Gasteiger partial charge in [0, 0.05) is 5.25 Å². The third kappa shape index (κ3) is 2.80. The number of anilines is 1. The van der Waals surface area contributed by atoms with Gasteiger partial charge in [0.15, 0.2) is 5.03 Å². The van der Waals surface area contributed by atoms with Crippen LogP contribution in [0.25, 0.3) is 0 Å². The Bertz CT molecular complexity index is 399. The number of hydrogen-bond donors (Lipinski definition) is 2. The van der Waals surface area contributed by atoms with Crippen LogP contribution in [-0.2, 0) is 0 Å². The molecule has 0 aliphatic heterocycles. The average Bonchev–Trinajstić information content (AvgIpc) is 2.16. The number of nitro groups is 1. The van der Waals surface area contributed by atoms with Gasteiger partial charge in [-0.05, 0) is 6.92 Å². The van der Waals surface area contributed by atoms with Gasteiger partial charge in [0.2, 0.25) is 5.82 Å². The number of thioether (sulfide) groups is 1. The molecule has 0 radical (unpaired) electrons. The molecule has 0 bridgehead atoms. The van der Waals surface area contributed by atoms with E-state index >= 15 is 0 Å². The van der Waals surface area contributed by atoms with Gasteiger partial charge in [-0.3, -0.25) is 10.1 Å². The van der Waals surface area contributed by atoms with Crippen molar-refractivity contribution in [3.63, 3.8) is 0 Å². The number of aliphatic hydroxyl groups is 1. The van der Waals surface area contributed by atoms with Gasteiger partial charge in [-0.15, -0.1) is 0 Å². The standard InChI is InChI=1S/C8H12N4O3S/c1-4(13)5(2)16-8-6(12(14)15)7(9)10-3-11-8/h3-5,13H,1-2H3,(H2,9,10,11). The molecular weight excluding hydrogens is 232 g/mol. The van der Waals surface area contributed by atoms with Gasteiger partial charge in [0.05, 0.1) is 11.0 Å². The predicted octanol–water partition coefficient (Wildman–Crippen LogP) is 0.828. The molecule has 0 aliphatic rings. The van der Waals surface area contributed by atoms with Crippen molar-refractivity contribution in [1.29, 1.82) is 0 Å². The zero-order valence-electron chi connectivity index (χ0n) is 8.82. The zero-order valence-corrected chi connectivity index (χ0v) is 9.64. The van der Waals surface area contributed by atoms with Gasteiger partial charge in [-0.2, -0.15) is 0 Å². The third-order valence-corrected chi connectivity index (χ3v) is 3.26. The molecule has 7 nitrogen and oxygen atoms in total. The van der Waals surface area contributed by atoms with Crippen LogP contribution in [-0.4, -0.2) is 31.4 Å². The lowest BCUT2D eigenvalue weighted by atomic mass is 10.3. The second-order valence-corrected chi connectivity index (χ2v) is 4.60. The topological polar surface area (TPSA) is 115 Å². The molecule has 1 aromatic heterocycles. The van der Waals surface area contributed by atoms with Crippen LogP contribution in [0.4, 0.5) is 11.5 Å². The van der Waals surface area contributed by atoms with Crippen LogP contribution in [0.15, 0.2) is 11.4 Å². The molecule has 16 heavy (non-hydrogen) atoms. The average molecular weight is 244 g/mol. The largest absolute Gasteiger partial charge is 0.392 e. The van der Waals surface area contributed by atoms with E-state index in [1.807, 2.05) is 0 Å². The number of nitrogens with two attached hydrogens (primary N) is 1. The predicted molar refractivity (Wildman–Crippen MR) is 60.1 cm³/mol. The molecule has 0 spiro atoms. The van der Waals surface area contributed by atoms with Gasteiger partial charge in [-0.25, -0.2) is 9.97 Å². The van der Waals surface area contributed by atoms with Crippen molar-refractivity contribution in [1.82, 2.24) is 9.97 Å². The summed E-state index contributed by atoms with van der Waals surface area (Å²) >= 11 is 1.10. The summed E-state index contributed by atoms with van der Waals surface area (Å²) in [6.07, 6.45) is 0.570. The van der Waals surface area contributed by atoms with Gasteiger partial charge >= 0.3 is 5.69 Å². The van der Waals surface area contributed by atoms with E-state index in [1.165, 1.54) is 6.33 Å². The Hall–Kier alpha value is -1.41. The van der Waals surface area contributed by atoms with Crippen LogP contribution in [0.5, 0.6) is 0 Å². The molecule has 0 aliphatic carbocycles. The van der Waals surface area contributed by atoms with Crippen LogP contribution in [0, 0.1) is 10.1 Å². The van der Waals surface area contributed by atoms with Gasteiger partial charge < -0.3 is 10.8 Å². The van der Waals surface area contributed by atoms with E-state index in [2.05, 4.69) is 9.97 Å². The molecule has 0 saturated carbocycles. The molecule has 0 fully saturated rings. The van der Waals surface area contributed by atoms with E-state index in [0.717, 1.165) is 11.8 Å². The number of aliphatic hydroxyl groups excluding tert-OH is 1.